The molecule has 7 heteroatoms. The Morgan fingerprint density at radius 1 is 1.38 bits per heavy atom. The van der Waals surface area contributed by atoms with Crippen LogP contribution in [0.15, 0.2) is 30.6 Å². The maximum atomic E-state index is 12.0. The maximum absolute atomic E-state index is 12.0. The van der Waals surface area contributed by atoms with Crippen molar-refractivity contribution in [3.8, 4) is 0 Å². The van der Waals surface area contributed by atoms with Gasteiger partial charge in [-0.3, -0.25) is 14.9 Å². The average Bonchev–Trinajstić information content (AvgIpc) is 2.98. The lowest BCUT2D eigenvalue weighted by Crippen LogP contribution is -2.30. The van der Waals surface area contributed by atoms with Crippen molar-refractivity contribution in [2.24, 2.45) is 5.92 Å². The number of nitrogens with one attached hydrogen (secondary N) is 3. The molecule has 3 N–H and O–H groups in total. The van der Waals surface area contributed by atoms with Crippen LogP contribution in [0.5, 0.6) is 0 Å². The molecule has 0 unspecified atom stereocenters. The van der Waals surface area contributed by atoms with Crippen LogP contribution in [0.4, 0.5) is 11.6 Å². The van der Waals surface area contributed by atoms with E-state index in [1.165, 1.54) is 6.33 Å². The molecule has 1 atom stereocenters. The Balaban J connectivity index is 1.56. The number of anilines is 2. The lowest BCUT2D eigenvalue weighted by molar-refractivity contribution is -0.121. The molecular formula is C14H15N5O2. The Morgan fingerprint density at radius 2 is 2.24 bits per heavy atom. The van der Waals surface area contributed by atoms with Crippen LogP contribution in [0.1, 0.15) is 18.4 Å². The third-order valence-electron chi connectivity index (χ3n) is 3.51. The SMILES string of the molecule is O=C(CC[C@@H]1Cc2ccccc2NC1=O)Nc1ncn[nH]1. The van der Waals surface area contributed by atoms with E-state index < -0.39 is 0 Å². The number of hydrogen-bond acceptors (Lipinski definition) is 4. The smallest absolute Gasteiger partial charge is 0.227 e. The van der Waals surface area contributed by atoms with Gasteiger partial charge in [0.1, 0.15) is 6.33 Å². The highest BCUT2D eigenvalue weighted by atomic mass is 16.2. The first-order valence-electron chi connectivity index (χ1n) is 6.76. The molecule has 0 spiro atoms. The van der Waals surface area contributed by atoms with Crippen molar-refractivity contribution in [3.63, 3.8) is 0 Å². The molecule has 0 saturated heterocycles. The zero-order chi connectivity index (χ0) is 14.7. The predicted molar refractivity (Wildman–Crippen MR) is 76.5 cm³/mol. The number of nitrogens with zero attached hydrogens (tertiary/aromatic N) is 2. The van der Waals surface area contributed by atoms with Crippen LogP contribution in [0, 0.1) is 5.92 Å². The Bertz CT molecular complexity index is 653. The van der Waals surface area contributed by atoms with E-state index >= 15 is 0 Å². The summed E-state index contributed by atoms with van der Waals surface area (Å²) in [5.74, 6) is -0.0709. The van der Waals surface area contributed by atoms with Crippen LogP contribution >= 0.6 is 0 Å². The average molecular weight is 285 g/mol. The van der Waals surface area contributed by atoms with E-state index in [9.17, 15) is 9.59 Å². The van der Waals surface area contributed by atoms with E-state index in [2.05, 4.69) is 25.8 Å². The Kier molecular flexibility index (Phi) is 3.63. The van der Waals surface area contributed by atoms with Crippen LogP contribution in [-0.4, -0.2) is 27.0 Å². The molecule has 1 aliphatic heterocycles. The fourth-order valence-electron chi connectivity index (χ4n) is 2.41. The summed E-state index contributed by atoms with van der Waals surface area (Å²) >= 11 is 0. The minimum Gasteiger partial charge on any atom is -0.326 e. The first-order chi connectivity index (χ1) is 10.2. The predicted octanol–water partition coefficient (Wildman–Crippen LogP) is 1.33. The van der Waals surface area contributed by atoms with Gasteiger partial charge in [-0.25, -0.2) is 5.10 Å². The van der Waals surface area contributed by atoms with E-state index in [0.29, 0.717) is 18.8 Å². The number of fused-ring (bicyclic) bond motifs is 1. The van der Waals surface area contributed by atoms with Crippen molar-refractivity contribution < 1.29 is 9.59 Å². The largest absolute Gasteiger partial charge is 0.326 e. The van der Waals surface area contributed by atoms with Crippen molar-refractivity contribution in [3.05, 3.63) is 36.2 Å². The topological polar surface area (TPSA) is 99.8 Å². The molecule has 2 heterocycles. The number of carbonyl (C=O) groups excluding carboxylic acids is 2. The van der Waals surface area contributed by atoms with Gasteiger partial charge in [-0.1, -0.05) is 18.2 Å². The zero-order valence-corrected chi connectivity index (χ0v) is 11.3. The zero-order valence-electron chi connectivity index (χ0n) is 11.3. The summed E-state index contributed by atoms with van der Waals surface area (Å²) in [6.45, 7) is 0. The number of aromatic nitrogens is 3. The normalized spacial score (nSPS) is 17.0. The second-order valence-electron chi connectivity index (χ2n) is 4.97. The maximum Gasteiger partial charge on any atom is 0.227 e. The quantitative estimate of drug-likeness (QED) is 0.789. The van der Waals surface area contributed by atoms with Crippen LogP contribution in [0.25, 0.3) is 0 Å². The number of hydrogen-bond donors (Lipinski definition) is 3. The van der Waals surface area contributed by atoms with Gasteiger partial charge in [-0.2, -0.15) is 10.1 Å². The van der Waals surface area contributed by atoms with E-state index in [0.717, 1.165) is 11.3 Å². The van der Waals surface area contributed by atoms with Crippen LogP contribution in [0.3, 0.4) is 0 Å². The van der Waals surface area contributed by atoms with Gasteiger partial charge in [0, 0.05) is 18.0 Å². The molecule has 108 valence electrons. The number of aromatic amines is 1. The number of amides is 2. The highest BCUT2D eigenvalue weighted by molar-refractivity contribution is 5.96. The fraction of sp³-hybridized carbons (Fsp3) is 0.286. The van der Waals surface area contributed by atoms with Crippen molar-refractivity contribution >= 4 is 23.5 Å². The molecule has 1 aliphatic rings. The first-order valence-corrected chi connectivity index (χ1v) is 6.76. The molecule has 21 heavy (non-hydrogen) atoms. The first kappa shape index (κ1) is 13.3. The molecule has 0 radical (unpaired) electrons. The Labute approximate surface area is 121 Å². The van der Waals surface area contributed by atoms with E-state index in [1.807, 2.05) is 24.3 Å². The summed E-state index contributed by atoms with van der Waals surface area (Å²) in [6.07, 6.45) is 2.75. The highest BCUT2D eigenvalue weighted by Gasteiger charge is 2.26. The second-order valence-corrected chi connectivity index (χ2v) is 4.97. The van der Waals surface area contributed by atoms with Crippen molar-refractivity contribution in [1.29, 1.82) is 0 Å². The minimum absolute atomic E-state index is 0.0267. The summed E-state index contributed by atoms with van der Waals surface area (Å²) in [7, 11) is 0. The number of rotatable bonds is 4. The van der Waals surface area contributed by atoms with Gasteiger partial charge in [0.15, 0.2) is 0 Å². The van der Waals surface area contributed by atoms with Crippen LogP contribution in [-0.2, 0) is 16.0 Å². The van der Waals surface area contributed by atoms with Crippen LogP contribution < -0.4 is 10.6 Å². The van der Waals surface area contributed by atoms with Gasteiger partial charge in [0.2, 0.25) is 17.8 Å². The molecule has 1 aromatic carbocycles. The molecular weight excluding hydrogens is 270 g/mol. The van der Waals surface area contributed by atoms with Gasteiger partial charge in [-0.05, 0) is 24.5 Å². The molecule has 0 fully saturated rings. The molecule has 0 bridgehead atoms. The van der Waals surface area contributed by atoms with Gasteiger partial charge in [0.25, 0.3) is 0 Å². The van der Waals surface area contributed by atoms with Gasteiger partial charge in [-0.15, -0.1) is 0 Å². The summed E-state index contributed by atoms with van der Waals surface area (Å²) in [5, 5.41) is 11.7. The molecule has 3 rings (SSSR count). The van der Waals surface area contributed by atoms with E-state index in [-0.39, 0.29) is 24.2 Å². The number of para-hydroxylation sites is 1. The van der Waals surface area contributed by atoms with Crippen LogP contribution in [0.2, 0.25) is 0 Å². The molecule has 0 saturated carbocycles. The van der Waals surface area contributed by atoms with E-state index in [4.69, 9.17) is 0 Å². The van der Waals surface area contributed by atoms with Gasteiger partial charge < -0.3 is 5.32 Å². The second kappa shape index (κ2) is 5.74. The lowest BCUT2D eigenvalue weighted by atomic mass is 9.89. The molecule has 1 aromatic heterocycles. The van der Waals surface area contributed by atoms with Crippen molar-refractivity contribution in [2.75, 3.05) is 10.6 Å². The Morgan fingerprint density at radius 3 is 3.05 bits per heavy atom. The monoisotopic (exact) mass is 285 g/mol. The fourth-order valence-corrected chi connectivity index (χ4v) is 2.41. The third kappa shape index (κ3) is 3.07. The van der Waals surface area contributed by atoms with Crippen molar-refractivity contribution in [1.82, 2.24) is 15.2 Å². The number of benzene rings is 1. The summed E-state index contributed by atoms with van der Waals surface area (Å²) in [6, 6.07) is 7.73. The number of carbonyl (C=O) groups is 2. The summed E-state index contributed by atoms with van der Waals surface area (Å²) < 4.78 is 0. The van der Waals surface area contributed by atoms with E-state index in [1.54, 1.807) is 0 Å². The number of H-pyrrole nitrogens is 1. The highest BCUT2D eigenvalue weighted by Crippen LogP contribution is 2.27. The Hall–Kier alpha value is -2.70. The van der Waals surface area contributed by atoms with Gasteiger partial charge >= 0.3 is 0 Å². The van der Waals surface area contributed by atoms with Gasteiger partial charge in [0.05, 0.1) is 0 Å². The third-order valence-corrected chi connectivity index (χ3v) is 3.51. The minimum atomic E-state index is -0.182. The summed E-state index contributed by atoms with van der Waals surface area (Å²) in [5.41, 5.74) is 1.97. The molecule has 2 amide bonds. The standard InChI is InChI=1S/C14H15N5O2/c20-12(18-14-15-8-16-19-14)6-5-10-7-9-3-1-2-4-11(9)17-13(10)21/h1-4,8,10H,5-7H2,(H,17,21)(H2,15,16,18,19,20)/t10-/m1/s1. The molecule has 0 aliphatic carbocycles. The summed E-state index contributed by atoms with van der Waals surface area (Å²) in [4.78, 5) is 27.6. The molecule has 7 nitrogen and oxygen atoms in total. The lowest BCUT2D eigenvalue weighted by Gasteiger charge is -2.24. The molecule has 2 aromatic rings. The van der Waals surface area contributed by atoms with Crippen molar-refractivity contribution in [2.45, 2.75) is 19.3 Å².